The SMILES string of the molecule is CC(=O)Nc1ccc2c(c1)S(=O)(=O)CC21NC(=O)N(CC(=O)N(Cc2ccc(F)cc2)[C@@H](C)C2CC2)C1=O. The van der Waals surface area contributed by atoms with Crippen molar-refractivity contribution in [1.82, 2.24) is 15.1 Å². The highest BCUT2D eigenvalue weighted by Crippen LogP contribution is 2.43. The number of nitrogens with one attached hydrogen (secondary N) is 2. The summed E-state index contributed by atoms with van der Waals surface area (Å²) in [6, 6.07) is 8.84. The lowest BCUT2D eigenvalue weighted by molar-refractivity contribution is -0.140. The van der Waals surface area contributed by atoms with Crippen LogP contribution in [0.1, 0.15) is 37.8 Å². The van der Waals surface area contributed by atoms with Gasteiger partial charge in [-0.2, -0.15) is 0 Å². The molecule has 12 heteroatoms. The molecule has 2 aromatic rings. The van der Waals surface area contributed by atoms with Gasteiger partial charge in [0.1, 0.15) is 12.4 Å². The zero-order valence-corrected chi connectivity index (χ0v) is 21.7. The Morgan fingerprint density at radius 3 is 2.50 bits per heavy atom. The van der Waals surface area contributed by atoms with E-state index in [4.69, 9.17) is 0 Å². The first kappa shape index (κ1) is 25.8. The monoisotopic (exact) mass is 542 g/mol. The van der Waals surface area contributed by atoms with Crippen molar-refractivity contribution in [2.75, 3.05) is 17.6 Å². The molecule has 2 N–H and O–H groups in total. The third-order valence-corrected chi connectivity index (χ3v) is 9.18. The van der Waals surface area contributed by atoms with Gasteiger partial charge in [-0.25, -0.2) is 17.6 Å². The number of amides is 5. The van der Waals surface area contributed by atoms with Crippen LogP contribution >= 0.6 is 0 Å². The molecule has 1 unspecified atom stereocenters. The summed E-state index contributed by atoms with van der Waals surface area (Å²) in [5, 5.41) is 5.03. The number of fused-ring (bicyclic) bond motifs is 2. The first-order valence-electron chi connectivity index (χ1n) is 12.2. The molecule has 1 saturated carbocycles. The number of anilines is 1. The number of carbonyl (C=O) groups is 4. The van der Waals surface area contributed by atoms with Gasteiger partial charge in [0.05, 0.1) is 10.6 Å². The predicted molar refractivity (Wildman–Crippen MR) is 134 cm³/mol. The molecule has 10 nitrogen and oxygen atoms in total. The van der Waals surface area contributed by atoms with Gasteiger partial charge in [-0.15, -0.1) is 0 Å². The summed E-state index contributed by atoms with van der Waals surface area (Å²) in [5.74, 6) is -2.49. The number of hydrogen-bond donors (Lipinski definition) is 2. The van der Waals surface area contributed by atoms with Crippen molar-refractivity contribution in [1.29, 1.82) is 0 Å². The molecule has 2 fully saturated rings. The van der Waals surface area contributed by atoms with Gasteiger partial charge in [-0.05, 0) is 55.5 Å². The topological polar surface area (TPSA) is 133 Å². The minimum Gasteiger partial charge on any atom is -0.334 e. The number of rotatable bonds is 7. The van der Waals surface area contributed by atoms with Crippen molar-refractivity contribution in [3.05, 3.63) is 59.4 Å². The van der Waals surface area contributed by atoms with Crippen LogP contribution in [0.5, 0.6) is 0 Å². The maximum absolute atomic E-state index is 13.6. The van der Waals surface area contributed by atoms with E-state index < -0.39 is 57.2 Å². The Labute approximate surface area is 219 Å². The summed E-state index contributed by atoms with van der Waals surface area (Å²) < 4.78 is 39.4. The van der Waals surface area contributed by atoms with Crippen LogP contribution in [0, 0.1) is 11.7 Å². The second kappa shape index (κ2) is 9.19. The largest absolute Gasteiger partial charge is 0.334 e. The number of nitrogens with zero attached hydrogens (tertiary/aromatic N) is 2. The first-order chi connectivity index (χ1) is 17.9. The molecule has 0 aromatic heterocycles. The second-order valence-corrected chi connectivity index (χ2v) is 12.1. The van der Waals surface area contributed by atoms with Crippen LogP contribution < -0.4 is 10.6 Å². The number of imide groups is 1. The molecule has 200 valence electrons. The Bertz CT molecular complexity index is 1460. The fourth-order valence-electron chi connectivity index (χ4n) is 5.21. The Kier molecular flexibility index (Phi) is 6.25. The van der Waals surface area contributed by atoms with E-state index in [1.54, 1.807) is 17.0 Å². The van der Waals surface area contributed by atoms with E-state index in [1.807, 2.05) is 6.92 Å². The van der Waals surface area contributed by atoms with Crippen molar-refractivity contribution in [2.24, 2.45) is 5.92 Å². The number of urea groups is 1. The van der Waals surface area contributed by atoms with Gasteiger partial charge in [0, 0.05) is 30.8 Å². The lowest BCUT2D eigenvalue weighted by Crippen LogP contribution is -2.48. The standard InChI is InChI=1S/C26H27FN4O6S/c1-15(18-5-6-18)30(12-17-3-7-19(27)8-4-17)23(33)13-31-24(34)26(29-25(31)35)14-38(36,37)22-11-20(28-16(2)32)9-10-21(22)26/h3-4,7-11,15,18H,5-6,12-14H2,1-2H3,(H,28,32)(H,29,35)/t15-,26?/m0/s1. The Morgan fingerprint density at radius 1 is 1.18 bits per heavy atom. The highest BCUT2D eigenvalue weighted by molar-refractivity contribution is 7.92. The van der Waals surface area contributed by atoms with Gasteiger partial charge in [0.2, 0.25) is 11.8 Å². The van der Waals surface area contributed by atoms with E-state index in [0.717, 1.165) is 17.7 Å². The molecule has 38 heavy (non-hydrogen) atoms. The van der Waals surface area contributed by atoms with Crippen LogP contribution in [-0.2, 0) is 36.3 Å². The molecular formula is C26H27FN4O6S. The van der Waals surface area contributed by atoms with Crippen molar-refractivity contribution < 1.29 is 32.0 Å². The van der Waals surface area contributed by atoms with Crippen LogP contribution in [0.3, 0.4) is 0 Å². The Balaban J connectivity index is 1.41. The van der Waals surface area contributed by atoms with Gasteiger partial charge in [-0.1, -0.05) is 18.2 Å². The lowest BCUT2D eigenvalue weighted by atomic mass is 9.92. The van der Waals surface area contributed by atoms with Gasteiger partial charge >= 0.3 is 6.03 Å². The van der Waals surface area contributed by atoms with Gasteiger partial charge in [0.15, 0.2) is 15.4 Å². The van der Waals surface area contributed by atoms with Gasteiger partial charge < -0.3 is 15.5 Å². The minimum atomic E-state index is -3.98. The molecule has 1 aliphatic carbocycles. The molecule has 2 atom stereocenters. The van der Waals surface area contributed by atoms with Crippen molar-refractivity contribution >= 4 is 39.3 Å². The number of halogens is 1. The fraction of sp³-hybridized carbons (Fsp3) is 0.385. The molecule has 1 spiro atoms. The summed E-state index contributed by atoms with van der Waals surface area (Å²) >= 11 is 0. The average Bonchev–Trinajstić information content (AvgIpc) is 3.64. The van der Waals surface area contributed by atoms with Gasteiger partial charge in [-0.3, -0.25) is 19.3 Å². The lowest BCUT2D eigenvalue weighted by Gasteiger charge is -2.31. The summed E-state index contributed by atoms with van der Waals surface area (Å²) in [6.07, 6.45) is 1.91. The molecular weight excluding hydrogens is 515 g/mol. The maximum atomic E-state index is 13.6. The molecule has 2 heterocycles. The van der Waals surface area contributed by atoms with Crippen LogP contribution in [0.4, 0.5) is 14.9 Å². The summed E-state index contributed by atoms with van der Waals surface area (Å²) in [7, 11) is -3.98. The van der Waals surface area contributed by atoms with E-state index in [1.165, 1.54) is 37.3 Å². The molecule has 2 aromatic carbocycles. The van der Waals surface area contributed by atoms with Crippen LogP contribution in [0.25, 0.3) is 0 Å². The molecule has 1 saturated heterocycles. The molecule has 0 radical (unpaired) electrons. The first-order valence-corrected chi connectivity index (χ1v) is 13.9. The van der Waals surface area contributed by atoms with Crippen LogP contribution in [0.15, 0.2) is 47.4 Å². The third-order valence-electron chi connectivity index (χ3n) is 7.35. The molecule has 5 rings (SSSR count). The summed E-state index contributed by atoms with van der Waals surface area (Å²) in [5.41, 5.74) is -0.822. The number of hydrogen-bond acceptors (Lipinski definition) is 6. The van der Waals surface area contributed by atoms with Crippen molar-refractivity contribution in [3.8, 4) is 0 Å². The molecule has 0 bridgehead atoms. The van der Waals surface area contributed by atoms with Crippen molar-refractivity contribution in [2.45, 2.75) is 49.7 Å². The zero-order chi connectivity index (χ0) is 27.4. The molecule has 5 amide bonds. The fourth-order valence-corrected chi connectivity index (χ4v) is 7.17. The Morgan fingerprint density at radius 2 is 1.87 bits per heavy atom. The average molecular weight is 543 g/mol. The highest BCUT2D eigenvalue weighted by atomic mass is 32.2. The number of carbonyl (C=O) groups excluding carboxylic acids is 4. The zero-order valence-electron chi connectivity index (χ0n) is 20.9. The molecule has 2 aliphatic heterocycles. The number of sulfone groups is 1. The quantitative estimate of drug-likeness (QED) is 0.515. The summed E-state index contributed by atoms with van der Waals surface area (Å²) in [6.45, 7) is 2.79. The van der Waals surface area contributed by atoms with E-state index in [9.17, 15) is 32.0 Å². The summed E-state index contributed by atoms with van der Waals surface area (Å²) in [4.78, 5) is 53.7. The highest BCUT2D eigenvalue weighted by Gasteiger charge is 2.60. The molecule has 3 aliphatic rings. The smallest absolute Gasteiger partial charge is 0.325 e. The number of benzene rings is 2. The minimum absolute atomic E-state index is 0.0921. The van der Waals surface area contributed by atoms with Gasteiger partial charge in [0.25, 0.3) is 5.91 Å². The van der Waals surface area contributed by atoms with E-state index in [2.05, 4.69) is 10.6 Å². The van der Waals surface area contributed by atoms with Crippen LogP contribution in [-0.4, -0.2) is 60.3 Å². The van der Waals surface area contributed by atoms with E-state index >= 15 is 0 Å². The normalized spacial score (nSPS) is 22.2. The maximum Gasteiger partial charge on any atom is 0.325 e. The van der Waals surface area contributed by atoms with Crippen molar-refractivity contribution in [3.63, 3.8) is 0 Å². The van der Waals surface area contributed by atoms with Crippen LogP contribution in [0.2, 0.25) is 0 Å². The van der Waals surface area contributed by atoms with E-state index in [0.29, 0.717) is 11.5 Å². The second-order valence-electron chi connectivity index (χ2n) is 10.1. The Hall–Kier alpha value is -3.80. The predicted octanol–water partition coefficient (Wildman–Crippen LogP) is 2.15. The third kappa shape index (κ3) is 4.53. The van der Waals surface area contributed by atoms with E-state index in [-0.39, 0.29) is 28.7 Å².